The van der Waals surface area contributed by atoms with Crippen molar-refractivity contribution in [1.82, 2.24) is 10.2 Å². The van der Waals surface area contributed by atoms with E-state index in [1.54, 1.807) is 0 Å². The van der Waals surface area contributed by atoms with Crippen molar-refractivity contribution in [2.75, 3.05) is 19.6 Å². The first-order chi connectivity index (χ1) is 12.7. The van der Waals surface area contributed by atoms with E-state index < -0.39 is 5.97 Å². The Bertz CT molecular complexity index is 675. The van der Waals surface area contributed by atoms with Crippen molar-refractivity contribution in [2.45, 2.75) is 37.8 Å². The third-order valence-electron chi connectivity index (χ3n) is 5.05. The summed E-state index contributed by atoms with van der Waals surface area (Å²) in [6.45, 7) is 2.76. The van der Waals surface area contributed by atoms with E-state index in [9.17, 15) is 4.79 Å². The molecule has 0 bridgehead atoms. The third-order valence-corrected chi connectivity index (χ3v) is 5.05. The number of nitrogens with one attached hydrogen (secondary N) is 1. The summed E-state index contributed by atoms with van der Waals surface area (Å²) in [5.74, 6) is -0.708. The van der Waals surface area contributed by atoms with E-state index in [0.717, 1.165) is 32.5 Å². The number of aliphatic carboxylic acids is 1. The van der Waals surface area contributed by atoms with Crippen molar-refractivity contribution >= 4 is 5.97 Å². The van der Waals surface area contributed by atoms with Crippen molar-refractivity contribution in [3.8, 4) is 0 Å². The number of aryl methyl sites for hydroxylation is 1. The van der Waals surface area contributed by atoms with E-state index >= 15 is 0 Å². The first kappa shape index (κ1) is 18.6. The maximum atomic E-state index is 10.8. The Morgan fingerprint density at radius 2 is 1.73 bits per heavy atom. The van der Waals surface area contributed by atoms with Gasteiger partial charge in [-0.3, -0.25) is 9.69 Å². The van der Waals surface area contributed by atoms with Crippen molar-refractivity contribution in [3.05, 3.63) is 71.8 Å². The van der Waals surface area contributed by atoms with Gasteiger partial charge in [-0.1, -0.05) is 60.7 Å². The average molecular weight is 352 g/mol. The molecule has 0 radical (unpaired) electrons. The molecule has 1 heterocycles. The lowest BCUT2D eigenvalue weighted by molar-refractivity contribution is -0.137. The molecule has 0 aliphatic carbocycles. The van der Waals surface area contributed by atoms with Crippen LogP contribution in [0.5, 0.6) is 0 Å². The normalized spacial score (nSPS) is 20.8. The first-order valence-electron chi connectivity index (χ1n) is 9.50. The number of carboxylic acid groups (broad SMARTS) is 1. The van der Waals surface area contributed by atoms with Crippen LogP contribution in [0.1, 0.15) is 36.4 Å². The largest absolute Gasteiger partial charge is 0.481 e. The summed E-state index contributed by atoms with van der Waals surface area (Å²) in [6, 6.07) is 21.9. The third kappa shape index (κ3) is 5.68. The molecule has 0 aromatic heterocycles. The predicted molar refractivity (Wildman–Crippen MR) is 104 cm³/mol. The molecule has 1 aliphatic rings. The summed E-state index contributed by atoms with van der Waals surface area (Å²) in [7, 11) is 0. The second-order valence-corrected chi connectivity index (χ2v) is 7.11. The molecule has 2 atom stereocenters. The number of rotatable bonds is 8. The molecular weight excluding hydrogens is 324 g/mol. The van der Waals surface area contributed by atoms with Gasteiger partial charge in [0.25, 0.3) is 0 Å². The van der Waals surface area contributed by atoms with E-state index in [1.165, 1.54) is 11.1 Å². The van der Waals surface area contributed by atoms with Gasteiger partial charge in [-0.2, -0.15) is 0 Å². The topological polar surface area (TPSA) is 52.6 Å². The molecule has 0 spiro atoms. The summed E-state index contributed by atoms with van der Waals surface area (Å²) < 4.78 is 0. The van der Waals surface area contributed by atoms with Crippen LogP contribution in [0.4, 0.5) is 0 Å². The Morgan fingerprint density at radius 1 is 1.04 bits per heavy atom. The molecule has 2 N–H and O–H groups in total. The summed E-state index contributed by atoms with van der Waals surface area (Å²) in [6.07, 6.45) is 3.10. The van der Waals surface area contributed by atoms with E-state index in [4.69, 9.17) is 5.11 Å². The second-order valence-electron chi connectivity index (χ2n) is 7.11. The molecule has 1 fully saturated rings. The highest BCUT2D eigenvalue weighted by Gasteiger charge is 2.27. The van der Waals surface area contributed by atoms with Crippen LogP contribution in [0, 0.1) is 0 Å². The zero-order valence-electron chi connectivity index (χ0n) is 15.2. The minimum atomic E-state index is -0.708. The van der Waals surface area contributed by atoms with Crippen molar-refractivity contribution in [3.63, 3.8) is 0 Å². The van der Waals surface area contributed by atoms with Crippen LogP contribution in [0.3, 0.4) is 0 Å². The minimum Gasteiger partial charge on any atom is -0.481 e. The molecule has 3 rings (SSSR count). The van der Waals surface area contributed by atoms with Crippen LogP contribution in [-0.4, -0.2) is 41.7 Å². The molecule has 0 amide bonds. The number of nitrogens with zero attached hydrogens (tertiary/aromatic N) is 1. The van der Waals surface area contributed by atoms with Crippen LogP contribution < -0.4 is 5.32 Å². The SMILES string of the molecule is O=C(O)CCCN1CC(CCc2ccccc2)NC(c2ccccc2)C1. The number of benzene rings is 2. The maximum absolute atomic E-state index is 10.8. The monoisotopic (exact) mass is 352 g/mol. The second kappa shape index (κ2) is 9.51. The fraction of sp³-hybridized carbons (Fsp3) is 0.409. The van der Waals surface area contributed by atoms with Crippen LogP contribution in [-0.2, 0) is 11.2 Å². The van der Waals surface area contributed by atoms with Gasteiger partial charge in [-0.25, -0.2) is 0 Å². The Morgan fingerprint density at radius 3 is 2.42 bits per heavy atom. The summed E-state index contributed by atoms with van der Waals surface area (Å²) in [5.41, 5.74) is 2.67. The molecule has 26 heavy (non-hydrogen) atoms. The number of hydrogen-bond donors (Lipinski definition) is 2. The van der Waals surface area contributed by atoms with E-state index in [-0.39, 0.29) is 6.42 Å². The van der Waals surface area contributed by atoms with Gasteiger partial charge in [0.05, 0.1) is 0 Å². The Kier molecular flexibility index (Phi) is 6.81. The van der Waals surface area contributed by atoms with E-state index in [1.807, 2.05) is 6.07 Å². The Labute approximate surface area is 155 Å². The Balaban J connectivity index is 1.62. The van der Waals surface area contributed by atoms with Crippen LogP contribution >= 0.6 is 0 Å². The first-order valence-corrected chi connectivity index (χ1v) is 9.50. The fourth-order valence-corrected chi connectivity index (χ4v) is 3.72. The highest BCUT2D eigenvalue weighted by atomic mass is 16.4. The predicted octanol–water partition coefficient (Wildman–Crippen LogP) is 3.50. The summed E-state index contributed by atoms with van der Waals surface area (Å²) in [5, 5.41) is 12.7. The molecule has 2 aromatic rings. The quantitative estimate of drug-likeness (QED) is 0.763. The molecule has 4 nitrogen and oxygen atoms in total. The molecule has 1 saturated heterocycles. The van der Waals surface area contributed by atoms with Crippen LogP contribution in [0.25, 0.3) is 0 Å². The Hall–Kier alpha value is -2.17. The van der Waals surface area contributed by atoms with Gasteiger partial charge in [-0.05, 0) is 36.9 Å². The molecule has 1 aliphatic heterocycles. The molecule has 4 heteroatoms. The van der Waals surface area contributed by atoms with Gasteiger partial charge in [0, 0.05) is 31.6 Å². The lowest BCUT2D eigenvalue weighted by Crippen LogP contribution is -2.52. The zero-order chi connectivity index (χ0) is 18.2. The van der Waals surface area contributed by atoms with Crippen LogP contribution in [0.15, 0.2) is 60.7 Å². The number of piperazine rings is 1. The number of carbonyl (C=O) groups is 1. The smallest absolute Gasteiger partial charge is 0.303 e. The van der Waals surface area contributed by atoms with Gasteiger partial charge < -0.3 is 10.4 Å². The number of hydrogen-bond acceptors (Lipinski definition) is 3. The molecule has 2 unspecified atom stereocenters. The number of carboxylic acids is 1. The summed E-state index contributed by atoms with van der Waals surface area (Å²) >= 11 is 0. The van der Waals surface area contributed by atoms with Gasteiger partial charge in [-0.15, -0.1) is 0 Å². The maximum Gasteiger partial charge on any atom is 0.303 e. The van der Waals surface area contributed by atoms with Crippen molar-refractivity contribution in [2.24, 2.45) is 0 Å². The molecular formula is C22H28N2O2. The van der Waals surface area contributed by atoms with Gasteiger partial charge in [0.15, 0.2) is 0 Å². The van der Waals surface area contributed by atoms with Crippen LogP contribution in [0.2, 0.25) is 0 Å². The average Bonchev–Trinajstić information content (AvgIpc) is 2.67. The summed E-state index contributed by atoms with van der Waals surface area (Å²) in [4.78, 5) is 13.2. The molecule has 2 aromatic carbocycles. The lowest BCUT2D eigenvalue weighted by atomic mass is 9.97. The molecule has 138 valence electrons. The minimum absolute atomic E-state index is 0.245. The standard InChI is InChI=1S/C22H28N2O2/c25-22(26)12-7-15-24-16-20(14-13-18-8-3-1-4-9-18)23-21(17-24)19-10-5-2-6-11-19/h1-6,8-11,20-21,23H,7,12-17H2,(H,25,26). The van der Waals surface area contributed by atoms with Gasteiger partial charge >= 0.3 is 5.97 Å². The fourth-order valence-electron chi connectivity index (χ4n) is 3.72. The highest BCUT2D eigenvalue weighted by Crippen LogP contribution is 2.21. The molecule has 0 saturated carbocycles. The van der Waals surface area contributed by atoms with Gasteiger partial charge in [0.2, 0.25) is 0 Å². The van der Waals surface area contributed by atoms with E-state index in [0.29, 0.717) is 18.5 Å². The van der Waals surface area contributed by atoms with Crippen molar-refractivity contribution in [1.29, 1.82) is 0 Å². The van der Waals surface area contributed by atoms with Gasteiger partial charge in [0.1, 0.15) is 0 Å². The van der Waals surface area contributed by atoms with Crippen molar-refractivity contribution < 1.29 is 9.90 Å². The zero-order valence-corrected chi connectivity index (χ0v) is 15.2. The lowest BCUT2D eigenvalue weighted by Gasteiger charge is -2.39. The van der Waals surface area contributed by atoms with E-state index in [2.05, 4.69) is 64.8 Å². The highest BCUT2D eigenvalue weighted by molar-refractivity contribution is 5.66.